The Morgan fingerprint density at radius 2 is 2.22 bits per heavy atom. The molecule has 0 radical (unpaired) electrons. The fraction of sp³-hybridized carbons (Fsp3) is 0.733. The van der Waals surface area contributed by atoms with Crippen molar-refractivity contribution in [3.63, 3.8) is 0 Å². The van der Waals surface area contributed by atoms with Crippen LogP contribution in [0.3, 0.4) is 0 Å². The molecule has 102 valence electrons. The van der Waals surface area contributed by atoms with Crippen LogP contribution in [-0.2, 0) is 4.74 Å². The Morgan fingerprint density at radius 3 is 2.67 bits per heavy atom. The van der Waals surface area contributed by atoms with Gasteiger partial charge in [-0.25, -0.2) is 0 Å². The Bertz CT molecular complexity index is 365. The first-order chi connectivity index (χ1) is 8.69. The molecule has 3 heteroatoms. The lowest BCUT2D eigenvalue weighted by Crippen LogP contribution is -2.42. The predicted octanol–water partition coefficient (Wildman–Crippen LogP) is 4.06. The van der Waals surface area contributed by atoms with Crippen molar-refractivity contribution in [2.45, 2.75) is 57.6 Å². The number of rotatable bonds is 7. The predicted molar refractivity (Wildman–Crippen MR) is 78.3 cm³/mol. The first kappa shape index (κ1) is 14.0. The van der Waals surface area contributed by atoms with Gasteiger partial charge in [0.15, 0.2) is 0 Å². The summed E-state index contributed by atoms with van der Waals surface area (Å²) in [5.41, 5.74) is 0.142. The lowest BCUT2D eigenvalue weighted by Gasteiger charge is -2.42. The number of ether oxygens (including phenoxy) is 1. The van der Waals surface area contributed by atoms with Crippen LogP contribution in [0.4, 0.5) is 0 Å². The van der Waals surface area contributed by atoms with Gasteiger partial charge in [0.25, 0.3) is 0 Å². The number of thiophene rings is 1. The first-order valence-corrected chi connectivity index (χ1v) is 7.85. The van der Waals surface area contributed by atoms with Crippen LogP contribution in [0.5, 0.6) is 0 Å². The maximum atomic E-state index is 5.78. The Balaban J connectivity index is 2.05. The molecule has 0 aromatic carbocycles. The molecular weight excluding hydrogens is 242 g/mol. The molecule has 1 atom stereocenters. The monoisotopic (exact) mass is 267 g/mol. The van der Waals surface area contributed by atoms with Crippen LogP contribution >= 0.6 is 11.3 Å². The molecule has 1 heterocycles. The molecule has 1 aromatic heterocycles. The van der Waals surface area contributed by atoms with Crippen molar-refractivity contribution < 1.29 is 4.74 Å². The van der Waals surface area contributed by atoms with E-state index in [1.165, 1.54) is 35.4 Å². The Morgan fingerprint density at radius 1 is 1.44 bits per heavy atom. The molecule has 1 aromatic rings. The summed E-state index contributed by atoms with van der Waals surface area (Å²) in [6.45, 7) is 5.49. The maximum absolute atomic E-state index is 5.78. The number of aryl methyl sites for hydroxylation is 1. The van der Waals surface area contributed by atoms with E-state index >= 15 is 0 Å². The van der Waals surface area contributed by atoms with Crippen molar-refractivity contribution >= 4 is 11.3 Å². The van der Waals surface area contributed by atoms with Crippen LogP contribution in [0.25, 0.3) is 0 Å². The highest BCUT2D eigenvalue weighted by Crippen LogP contribution is 2.42. The summed E-state index contributed by atoms with van der Waals surface area (Å²) in [4.78, 5) is 2.86. The van der Waals surface area contributed by atoms with Gasteiger partial charge in [-0.2, -0.15) is 0 Å². The second kappa shape index (κ2) is 6.18. The van der Waals surface area contributed by atoms with Gasteiger partial charge in [-0.3, -0.25) is 0 Å². The minimum atomic E-state index is 0.142. The Hall–Kier alpha value is -0.380. The topological polar surface area (TPSA) is 21.3 Å². The normalized spacial score (nSPS) is 19.5. The van der Waals surface area contributed by atoms with Crippen molar-refractivity contribution in [1.29, 1.82) is 0 Å². The fourth-order valence-electron chi connectivity index (χ4n) is 2.67. The van der Waals surface area contributed by atoms with E-state index in [-0.39, 0.29) is 5.60 Å². The third-order valence-corrected chi connectivity index (χ3v) is 5.13. The number of nitrogens with one attached hydrogen (secondary N) is 1. The Kier molecular flexibility index (Phi) is 4.82. The molecular formula is C15H25NOS. The molecule has 2 rings (SSSR count). The third-order valence-electron chi connectivity index (χ3n) is 4.02. The third kappa shape index (κ3) is 3.14. The molecule has 0 bridgehead atoms. The van der Waals surface area contributed by atoms with Crippen molar-refractivity contribution in [3.8, 4) is 0 Å². The summed E-state index contributed by atoms with van der Waals surface area (Å²) in [6.07, 6.45) is 6.05. The fourth-order valence-corrected chi connectivity index (χ4v) is 3.62. The van der Waals surface area contributed by atoms with Crippen LogP contribution in [0.1, 0.15) is 54.8 Å². The highest BCUT2D eigenvalue weighted by Gasteiger charge is 2.39. The van der Waals surface area contributed by atoms with Gasteiger partial charge in [0.05, 0.1) is 5.60 Å². The summed E-state index contributed by atoms with van der Waals surface area (Å²) in [5.74, 6) is 0. The van der Waals surface area contributed by atoms with Crippen LogP contribution < -0.4 is 5.32 Å². The van der Waals surface area contributed by atoms with Gasteiger partial charge in [0.2, 0.25) is 0 Å². The van der Waals surface area contributed by atoms with E-state index in [9.17, 15) is 0 Å². The largest absolute Gasteiger partial charge is 0.378 e. The molecule has 1 unspecified atom stereocenters. The molecule has 0 amide bonds. The highest BCUT2D eigenvalue weighted by molar-refractivity contribution is 7.12. The van der Waals surface area contributed by atoms with Gasteiger partial charge in [0, 0.05) is 22.9 Å². The second-order valence-electron chi connectivity index (χ2n) is 5.40. The molecule has 1 aliphatic carbocycles. The van der Waals surface area contributed by atoms with E-state index in [4.69, 9.17) is 4.74 Å². The SMILES string of the molecule is CCCNC(CC1(OC)CCC1)c1ccc(C)s1. The number of hydrogen-bond acceptors (Lipinski definition) is 3. The van der Waals surface area contributed by atoms with Crippen LogP contribution in [0.15, 0.2) is 12.1 Å². The number of hydrogen-bond donors (Lipinski definition) is 1. The molecule has 0 spiro atoms. The average Bonchev–Trinajstić information content (AvgIpc) is 2.74. The van der Waals surface area contributed by atoms with Crippen LogP contribution in [-0.4, -0.2) is 19.3 Å². The first-order valence-electron chi connectivity index (χ1n) is 7.04. The van der Waals surface area contributed by atoms with Crippen LogP contribution in [0.2, 0.25) is 0 Å². The van der Waals surface area contributed by atoms with Gasteiger partial charge in [-0.15, -0.1) is 11.3 Å². The lowest BCUT2D eigenvalue weighted by molar-refractivity contribution is -0.0836. The highest BCUT2D eigenvalue weighted by atomic mass is 32.1. The summed E-state index contributed by atoms with van der Waals surface area (Å²) in [7, 11) is 1.87. The molecule has 1 saturated carbocycles. The maximum Gasteiger partial charge on any atom is 0.0697 e. The standard InChI is InChI=1S/C15H25NOS/c1-4-10-16-13(14-7-6-12(2)18-14)11-15(17-3)8-5-9-15/h6-7,13,16H,4-5,8-11H2,1-3H3. The van der Waals surface area contributed by atoms with Gasteiger partial charge in [-0.05, 0) is 57.7 Å². The molecule has 1 fully saturated rings. The van der Waals surface area contributed by atoms with Gasteiger partial charge < -0.3 is 10.1 Å². The van der Waals surface area contributed by atoms with Crippen molar-refractivity contribution in [2.24, 2.45) is 0 Å². The lowest BCUT2D eigenvalue weighted by atomic mass is 9.75. The minimum Gasteiger partial charge on any atom is -0.378 e. The smallest absolute Gasteiger partial charge is 0.0697 e. The number of methoxy groups -OCH3 is 1. The zero-order valence-corrected chi connectivity index (χ0v) is 12.6. The summed E-state index contributed by atoms with van der Waals surface area (Å²) < 4.78 is 5.78. The van der Waals surface area contributed by atoms with E-state index in [1.807, 2.05) is 18.4 Å². The molecule has 2 nitrogen and oxygen atoms in total. The van der Waals surface area contributed by atoms with E-state index in [0.717, 1.165) is 13.0 Å². The van der Waals surface area contributed by atoms with Gasteiger partial charge in [0.1, 0.15) is 0 Å². The summed E-state index contributed by atoms with van der Waals surface area (Å²) >= 11 is 1.91. The summed E-state index contributed by atoms with van der Waals surface area (Å²) in [5, 5.41) is 3.69. The zero-order valence-electron chi connectivity index (χ0n) is 11.8. The molecule has 1 N–H and O–H groups in total. The molecule has 0 aliphatic heterocycles. The quantitative estimate of drug-likeness (QED) is 0.804. The van der Waals surface area contributed by atoms with E-state index in [2.05, 4.69) is 31.3 Å². The molecule has 1 aliphatic rings. The summed E-state index contributed by atoms with van der Waals surface area (Å²) in [6, 6.07) is 4.96. The van der Waals surface area contributed by atoms with Crippen molar-refractivity contribution in [2.75, 3.05) is 13.7 Å². The van der Waals surface area contributed by atoms with Crippen molar-refractivity contribution in [1.82, 2.24) is 5.32 Å². The zero-order chi connectivity index (χ0) is 13.0. The molecule has 18 heavy (non-hydrogen) atoms. The van der Waals surface area contributed by atoms with Crippen molar-refractivity contribution in [3.05, 3.63) is 21.9 Å². The van der Waals surface area contributed by atoms with E-state index < -0.39 is 0 Å². The Labute approximate surface area is 115 Å². The van der Waals surface area contributed by atoms with Gasteiger partial charge >= 0.3 is 0 Å². The second-order valence-corrected chi connectivity index (χ2v) is 6.72. The van der Waals surface area contributed by atoms with E-state index in [0.29, 0.717) is 6.04 Å². The van der Waals surface area contributed by atoms with Gasteiger partial charge in [-0.1, -0.05) is 6.92 Å². The minimum absolute atomic E-state index is 0.142. The average molecular weight is 267 g/mol. The van der Waals surface area contributed by atoms with Crippen LogP contribution in [0, 0.1) is 6.92 Å². The molecule has 0 saturated heterocycles. The van der Waals surface area contributed by atoms with E-state index in [1.54, 1.807) is 0 Å².